The van der Waals surface area contributed by atoms with Crippen molar-refractivity contribution in [2.45, 2.75) is 44.3 Å². The number of nitro benzene ring substituents is 1. The molecule has 0 aliphatic carbocycles. The third-order valence-corrected chi connectivity index (χ3v) is 5.84. The van der Waals surface area contributed by atoms with Gasteiger partial charge in [-0.1, -0.05) is 11.6 Å². The Bertz CT molecular complexity index is 748. The zero-order chi connectivity index (χ0) is 17.6. The molecule has 0 amide bonds. The molecule has 1 saturated heterocycles. The lowest BCUT2D eigenvalue weighted by atomic mass is 10.1. The molecule has 1 aromatic rings. The monoisotopic (exact) mass is 362 g/mol. The van der Waals surface area contributed by atoms with Crippen LogP contribution in [0.25, 0.3) is 0 Å². The molecule has 0 radical (unpaired) electrons. The molecule has 1 aliphatic heterocycles. The minimum atomic E-state index is -3.90. The minimum Gasteiger partial charge on any atom is -0.370 e. The Hall–Kier alpha value is -1.22. The smallest absolute Gasteiger partial charge is 0.275 e. The quantitative estimate of drug-likeness (QED) is 0.609. The molecule has 0 spiro atoms. The van der Waals surface area contributed by atoms with E-state index in [2.05, 4.69) is 0 Å². The molecule has 1 aromatic carbocycles. The molecule has 1 fully saturated rings. The third kappa shape index (κ3) is 3.65. The summed E-state index contributed by atoms with van der Waals surface area (Å²) in [5, 5.41) is 11.2. The van der Waals surface area contributed by atoms with Gasteiger partial charge in [-0.25, -0.2) is 8.42 Å². The van der Waals surface area contributed by atoms with Crippen molar-refractivity contribution < 1.29 is 18.1 Å². The fourth-order valence-corrected chi connectivity index (χ4v) is 4.70. The van der Waals surface area contributed by atoms with Crippen molar-refractivity contribution in [3.63, 3.8) is 0 Å². The summed E-state index contributed by atoms with van der Waals surface area (Å²) in [5.41, 5.74) is -0.700. The van der Waals surface area contributed by atoms with Crippen LogP contribution in [0, 0.1) is 17.0 Å². The lowest BCUT2D eigenvalue weighted by Crippen LogP contribution is -2.53. The van der Waals surface area contributed by atoms with E-state index in [0.717, 1.165) is 6.07 Å². The van der Waals surface area contributed by atoms with E-state index in [9.17, 15) is 18.5 Å². The van der Waals surface area contributed by atoms with Crippen LogP contribution in [0.4, 0.5) is 5.69 Å². The fraction of sp³-hybridized carbons (Fsp3) is 0.571. The van der Waals surface area contributed by atoms with Gasteiger partial charge >= 0.3 is 0 Å². The van der Waals surface area contributed by atoms with Crippen LogP contribution in [0.5, 0.6) is 0 Å². The Balaban J connectivity index is 2.50. The van der Waals surface area contributed by atoms with Crippen LogP contribution in [0.3, 0.4) is 0 Å². The summed E-state index contributed by atoms with van der Waals surface area (Å²) in [6.45, 7) is 7.22. The number of rotatable bonds is 3. The van der Waals surface area contributed by atoms with Gasteiger partial charge in [0.25, 0.3) is 5.69 Å². The number of halogens is 1. The molecule has 2 rings (SSSR count). The highest BCUT2D eigenvalue weighted by molar-refractivity contribution is 7.89. The average molecular weight is 363 g/mol. The highest BCUT2D eigenvalue weighted by Crippen LogP contribution is 2.32. The second-order valence-electron chi connectivity index (χ2n) is 6.29. The van der Waals surface area contributed by atoms with Crippen molar-refractivity contribution in [3.05, 3.63) is 32.8 Å². The first-order chi connectivity index (χ1) is 10.4. The lowest BCUT2D eigenvalue weighted by Gasteiger charge is -2.40. The van der Waals surface area contributed by atoms with E-state index in [1.165, 1.54) is 17.3 Å². The van der Waals surface area contributed by atoms with Gasteiger partial charge in [0.1, 0.15) is 0 Å². The molecule has 1 unspecified atom stereocenters. The number of nitrogens with zero attached hydrogens (tertiary/aromatic N) is 2. The van der Waals surface area contributed by atoms with Crippen LogP contribution < -0.4 is 0 Å². The Kier molecular flexibility index (Phi) is 4.74. The van der Waals surface area contributed by atoms with Gasteiger partial charge in [0.2, 0.25) is 10.0 Å². The average Bonchev–Trinajstić information content (AvgIpc) is 2.38. The predicted molar refractivity (Wildman–Crippen MR) is 86.2 cm³/mol. The first-order valence-corrected chi connectivity index (χ1v) is 8.88. The van der Waals surface area contributed by atoms with Crippen molar-refractivity contribution in [1.82, 2.24) is 4.31 Å². The SMILES string of the molecule is Cc1c(Cl)cc(S(=O)(=O)N2CC(C)OC(C)(C)C2)cc1[N+](=O)[O-]. The Morgan fingerprint density at radius 2 is 2.04 bits per heavy atom. The summed E-state index contributed by atoms with van der Waals surface area (Å²) in [5.74, 6) is 0. The minimum absolute atomic E-state index is 0.0540. The van der Waals surface area contributed by atoms with E-state index in [1.807, 2.05) is 0 Å². The number of hydrogen-bond acceptors (Lipinski definition) is 5. The van der Waals surface area contributed by atoms with Crippen LogP contribution in [-0.4, -0.2) is 42.4 Å². The summed E-state index contributed by atoms with van der Waals surface area (Å²) in [4.78, 5) is 10.3. The van der Waals surface area contributed by atoms with Crippen LogP contribution in [0.1, 0.15) is 26.3 Å². The second kappa shape index (κ2) is 6.01. The van der Waals surface area contributed by atoms with E-state index < -0.39 is 20.5 Å². The summed E-state index contributed by atoms with van der Waals surface area (Å²) >= 11 is 5.98. The fourth-order valence-electron chi connectivity index (χ4n) is 2.71. The summed E-state index contributed by atoms with van der Waals surface area (Å²) in [6, 6.07) is 2.32. The molecular formula is C14H19ClN2O5S. The number of hydrogen-bond donors (Lipinski definition) is 0. The Labute approximate surface area is 140 Å². The standard InChI is InChI=1S/C14H19ClN2O5S/c1-9-7-16(8-14(3,4)22-9)23(20,21)11-5-12(15)10(2)13(6-11)17(18)19/h5-6,9H,7-8H2,1-4H3. The summed E-state index contributed by atoms with van der Waals surface area (Å²) in [6.07, 6.45) is -0.274. The van der Waals surface area contributed by atoms with E-state index >= 15 is 0 Å². The van der Waals surface area contributed by atoms with Crippen molar-refractivity contribution in [2.75, 3.05) is 13.1 Å². The molecule has 0 saturated carbocycles. The van der Waals surface area contributed by atoms with Crippen LogP contribution >= 0.6 is 11.6 Å². The maximum atomic E-state index is 12.8. The summed E-state index contributed by atoms with van der Waals surface area (Å²) in [7, 11) is -3.90. The molecule has 9 heteroatoms. The molecule has 128 valence electrons. The van der Waals surface area contributed by atoms with Gasteiger partial charge in [-0.3, -0.25) is 10.1 Å². The maximum absolute atomic E-state index is 12.8. The molecule has 0 aromatic heterocycles. The van der Waals surface area contributed by atoms with Crippen molar-refractivity contribution >= 4 is 27.3 Å². The van der Waals surface area contributed by atoms with Crippen LogP contribution in [-0.2, 0) is 14.8 Å². The van der Waals surface area contributed by atoms with Crippen LogP contribution in [0.15, 0.2) is 17.0 Å². The Morgan fingerprint density at radius 3 is 2.57 bits per heavy atom. The van der Waals surface area contributed by atoms with E-state index in [0.29, 0.717) is 0 Å². The largest absolute Gasteiger partial charge is 0.370 e. The highest BCUT2D eigenvalue weighted by atomic mass is 35.5. The van der Waals surface area contributed by atoms with Gasteiger partial charge in [-0.2, -0.15) is 4.31 Å². The van der Waals surface area contributed by atoms with E-state index in [4.69, 9.17) is 16.3 Å². The maximum Gasteiger partial charge on any atom is 0.275 e. The first-order valence-electron chi connectivity index (χ1n) is 7.06. The topological polar surface area (TPSA) is 89.8 Å². The first kappa shape index (κ1) is 18.1. The van der Waals surface area contributed by atoms with E-state index in [-0.39, 0.29) is 40.4 Å². The molecular weight excluding hydrogens is 344 g/mol. The zero-order valence-electron chi connectivity index (χ0n) is 13.4. The number of ether oxygens (including phenoxy) is 1. The molecule has 1 heterocycles. The molecule has 7 nitrogen and oxygen atoms in total. The van der Waals surface area contributed by atoms with Gasteiger partial charge in [0.15, 0.2) is 0 Å². The van der Waals surface area contributed by atoms with Gasteiger partial charge in [-0.15, -0.1) is 0 Å². The molecule has 1 atom stereocenters. The Morgan fingerprint density at radius 1 is 1.43 bits per heavy atom. The van der Waals surface area contributed by atoms with Gasteiger partial charge in [-0.05, 0) is 33.8 Å². The number of sulfonamides is 1. The summed E-state index contributed by atoms with van der Waals surface area (Å²) < 4.78 is 32.7. The highest BCUT2D eigenvalue weighted by Gasteiger charge is 2.38. The van der Waals surface area contributed by atoms with Crippen molar-refractivity contribution in [2.24, 2.45) is 0 Å². The normalized spacial score (nSPS) is 22.0. The van der Waals surface area contributed by atoms with Crippen LogP contribution in [0.2, 0.25) is 5.02 Å². The number of nitro groups is 1. The van der Waals surface area contributed by atoms with Gasteiger partial charge in [0.05, 0.1) is 26.5 Å². The lowest BCUT2D eigenvalue weighted by molar-refractivity contribution is -0.385. The zero-order valence-corrected chi connectivity index (χ0v) is 14.9. The molecule has 23 heavy (non-hydrogen) atoms. The molecule has 1 aliphatic rings. The third-order valence-electron chi connectivity index (χ3n) is 3.66. The van der Waals surface area contributed by atoms with Gasteiger partial charge < -0.3 is 4.74 Å². The molecule has 0 N–H and O–H groups in total. The van der Waals surface area contributed by atoms with Crippen molar-refractivity contribution in [1.29, 1.82) is 0 Å². The predicted octanol–water partition coefficient (Wildman–Crippen LogP) is 2.74. The van der Waals surface area contributed by atoms with Gasteiger partial charge in [0, 0.05) is 24.7 Å². The number of benzene rings is 1. The number of morpholine rings is 1. The van der Waals surface area contributed by atoms with E-state index in [1.54, 1.807) is 20.8 Å². The van der Waals surface area contributed by atoms with Crippen molar-refractivity contribution in [3.8, 4) is 0 Å². The molecule has 0 bridgehead atoms. The second-order valence-corrected chi connectivity index (χ2v) is 8.64.